The quantitative estimate of drug-likeness (QED) is 0.784. The van der Waals surface area contributed by atoms with Gasteiger partial charge in [-0.15, -0.1) is 0 Å². The molecule has 1 atom stereocenters. The Morgan fingerprint density at radius 1 is 1.24 bits per heavy atom. The molecule has 1 aromatic rings. The van der Waals surface area contributed by atoms with Crippen LogP contribution in [0.1, 0.15) is 32.8 Å². The second-order valence-electron chi connectivity index (χ2n) is 5.49. The van der Waals surface area contributed by atoms with Gasteiger partial charge in [-0.05, 0) is 32.4 Å². The Labute approximate surface area is 128 Å². The fourth-order valence-electron chi connectivity index (χ4n) is 2.81. The van der Waals surface area contributed by atoms with E-state index in [2.05, 4.69) is 41.4 Å². The maximum Gasteiger partial charge on any atom is 0.159 e. The lowest BCUT2D eigenvalue weighted by molar-refractivity contribution is -0.138. The molecule has 4 heteroatoms. The first kappa shape index (κ1) is 16.3. The van der Waals surface area contributed by atoms with E-state index >= 15 is 0 Å². The average Bonchev–Trinajstić information content (AvgIpc) is 2.65. The fraction of sp³-hybridized carbons (Fsp3) is 0.647. The monoisotopic (exact) mass is 292 g/mol. The summed E-state index contributed by atoms with van der Waals surface area (Å²) in [5.41, 5.74) is 2.70. The Morgan fingerprint density at radius 2 is 1.95 bits per heavy atom. The van der Waals surface area contributed by atoms with Gasteiger partial charge in [-0.3, -0.25) is 0 Å². The van der Waals surface area contributed by atoms with Gasteiger partial charge >= 0.3 is 0 Å². The number of hydrogen-bond acceptors (Lipinski definition) is 4. The van der Waals surface area contributed by atoms with Crippen molar-refractivity contribution in [2.24, 2.45) is 0 Å². The molecule has 21 heavy (non-hydrogen) atoms. The van der Waals surface area contributed by atoms with Gasteiger partial charge in [-0.1, -0.05) is 18.2 Å². The lowest BCUT2D eigenvalue weighted by Gasteiger charge is -2.28. The van der Waals surface area contributed by atoms with E-state index in [4.69, 9.17) is 9.47 Å². The van der Waals surface area contributed by atoms with Crippen LogP contribution in [-0.4, -0.2) is 38.6 Å². The molecule has 2 rings (SSSR count). The van der Waals surface area contributed by atoms with E-state index in [1.165, 1.54) is 11.3 Å². The number of hydrogen-bond donors (Lipinski definition) is 1. The third-order valence-corrected chi connectivity index (χ3v) is 3.81. The number of fused-ring (bicyclic) bond motifs is 1. The largest absolute Gasteiger partial charge is 0.370 e. The molecule has 1 aromatic carbocycles. The highest BCUT2D eigenvalue weighted by Gasteiger charge is 2.19. The molecule has 0 saturated heterocycles. The van der Waals surface area contributed by atoms with Gasteiger partial charge in [0, 0.05) is 51.0 Å². The lowest BCUT2D eigenvalue weighted by Crippen LogP contribution is -2.37. The highest BCUT2D eigenvalue weighted by atomic mass is 16.7. The summed E-state index contributed by atoms with van der Waals surface area (Å²) in [6.45, 7) is 10.6. The number of para-hydroxylation sites is 1. The Hall–Kier alpha value is -1.10. The summed E-state index contributed by atoms with van der Waals surface area (Å²) in [5, 5.41) is 3.56. The van der Waals surface area contributed by atoms with E-state index in [0.29, 0.717) is 19.3 Å². The SMILES string of the molecule is CCOC(CCN1CC(C)NCc2ccccc21)OCC. The second-order valence-corrected chi connectivity index (χ2v) is 5.49. The maximum atomic E-state index is 5.65. The molecule has 0 saturated carbocycles. The zero-order valence-electron chi connectivity index (χ0n) is 13.5. The zero-order chi connectivity index (χ0) is 15.1. The molecule has 1 aliphatic rings. The minimum Gasteiger partial charge on any atom is -0.370 e. The number of rotatable bonds is 7. The molecule has 0 aromatic heterocycles. The predicted molar refractivity (Wildman–Crippen MR) is 86.6 cm³/mol. The minimum absolute atomic E-state index is 0.0984. The predicted octanol–water partition coefficient (Wildman–Crippen LogP) is 2.77. The summed E-state index contributed by atoms with van der Waals surface area (Å²) in [6, 6.07) is 9.12. The van der Waals surface area contributed by atoms with Gasteiger partial charge in [0.25, 0.3) is 0 Å². The van der Waals surface area contributed by atoms with Crippen molar-refractivity contribution < 1.29 is 9.47 Å². The molecular formula is C17H28N2O2. The molecular weight excluding hydrogens is 264 g/mol. The average molecular weight is 292 g/mol. The number of ether oxygens (including phenoxy) is 2. The summed E-state index contributed by atoms with van der Waals surface area (Å²) in [7, 11) is 0. The van der Waals surface area contributed by atoms with Crippen LogP contribution in [0.15, 0.2) is 24.3 Å². The fourth-order valence-corrected chi connectivity index (χ4v) is 2.81. The highest BCUT2D eigenvalue weighted by molar-refractivity contribution is 5.54. The number of nitrogens with zero attached hydrogens (tertiary/aromatic N) is 1. The van der Waals surface area contributed by atoms with Crippen molar-refractivity contribution in [3.05, 3.63) is 29.8 Å². The van der Waals surface area contributed by atoms with Crippen LogP contribution in [0.25, 0.3) is 0 Å². The van der Waals surface area contributed by atoms with Crippen LogP contribution in [0.5, 0.6) is 0 Å². The molecule has 0 spiro atoms. The molecule has 4 nitrogen and oxygen atoms in total. The smallest absolute Gasteiger partial charge is 0.159 e. The lowest BCUT2D eigenvalue weighted by atomic mass is 10.1. The van der Waals surface area contributed by atoms with Crippen molar-refractivity contribution >= 4 is 5.69 Å². The second kappa shape index (κ2) is 8.37. The van der Waals surface area contributed by atoms with Crippen molar-refractivity contribution in [1.82, 2.24) is 5.32 Å². The topological polar surface area (TPSA) is 33.7 Å². The molecule has 1 unspecified atom stereocenters. The molecule has 0 amide bonds. The van der Waals surface area contributed by atoms with Crippen molar-refractivity contribution in [2.75, 3.05) is 31.2 Å². The maximum absolute atomic E-state index is 5.65. The molecule has 0 aliphatic carbocycles. The molecule has 118 valence electrons. The zero-order valence-corrected chi connectivity index (χ0v) is 13.5. The summed E-state index contributed by atoms with van der Waals surface area (Å²) < 4.78 is 11.3. The summed E-state index contributed by atoms with van der Waals surface area (Å²) in [5.74, 6) is 0. The van der Waals surface area contributed by atoms with Crippen LogP contribution < -0.4 is 10.2 Å². The van der Waals surface area contributed by atoms with Crippen molar-refractivity contribution in [3.8, 4) is 0 Å². The van der Waals surface area contributed by atoms with E-state index in [9.17, 15) is 0 Å². The first-order chi connectivity index (χ1) is 10.2. The van der Waals surface area contributed by atoms with Crippen LogP contribution in [0.2, 0.25) is 0 Å². The van der Waals surface area contributed by atoms with E-state index in [1.807, 2.05) is 13.8 Å². The van der Waals surface area contributed by atoms with Crippen LogP contribution in [0, 0.1) is 0 Å². The molecule has 0 bridgehead atoms. The normalized spacial score (nSPS) is 18.7. The Kier molecular flexibility index (Phi) is 6.49. The summed E-state index contributed by atoms with van der Waals surface area (Å²) in [4.78, 5) is 2.45. The first-order valence-corrected chi connectivity index (χ1v) is 8.04. The van der Waals surface area contributed by atoms with E-state index < -0.39 is 0 Å². The van der Waals surface area contributed by atoms with Crippen LogP contribution in [0.3, 0.4) is 0 Å². The van der Waals surface area contributed by atoms with E-state index in [-0.39, 0.29) is 6.29 Å². The molecule has 0 radical (unpaired) electrons. The van der Waals surface area contributed by atoms with Crippen LogP contribution in [0.4, 0.5) is 5.69 Å². The van der Waals surface area contributed by atoms with Gasteiger partial charge < -0.3 is 19.7 Å². The highest BCUT2D eigenvalue weighted by Crippen LogP contribution is 2.24. The van der Waals surface area contributed by atoms with Crippen LogP contribution in [-0.2, 0) is 16.0 Å². The van der Waals surface area contributed by atoms with Crippen LogP contribution >= 0.6 is 0 Å². The van der Waals surface area contributed by atoms with Gasteiger partial charge in [0.15, 0.2) is 6.29 Å². The van der Waals surface area contributed by atoms with Gasteiger partial charge in [0.05, 0.1) is 0 Å². The van der Waals surface area contributed by atoms with Gasteiger partial charge in [0.2, 0.25) is 0 Å². The Morgan fingerprint density at radius 3 is 2.67 bits per heavy atom. The molecule has 0 fully saturated rings. The summed E-state index contributed by atoms with van der Waals surface area (Å²) >= 11 is 0. The van der Waals surface area contributed by atoms with Gasteiger partial charge in [-0.2, -0.15) is 0 Å². The number of benzene rings is 1. The molecule has 1 heterocycles. The standard InChI is InChI=1S/C17H28N2O2/c1-4-20-17(21-5-2)10-11-19-13-14(3)18-12-15-8-6-7-9-16(15)19/h6-9,14,17-18H,4-5,10-13H2,1-3H3. The summed E-state index contributed by atoms with van der Waals surface area (Å²) in [6.07, 6.45) is 0.793. The van der Waals surface area contributed by atoms with Crippen molar-refractivity contribution in [3.63, 3.8) is 0 Å². The molecule has 1 N–H and O–H groups in total. The van der Waals surface area contributed by atoms with Gasteiger partial charge in [0.1, 0.15) is 0 Å². The Bertz CT molecular complexity index is 419. The molecule has 1 aliphatic heterocycles. The van der Waals surface area contributed by atoms with E-state index in [0.717, 1.165) is 26.1 Å². The number of nitrogens with one attached hydrogen (secondary N) is 1. The van der Waals surface area contributed by atoms with Gasteiger partial charge in [-0.25, -0.2) is 0 Å². The number of anilines is 1. The van der Waals surface area contributed by atoms with Crippen molar-refractivity contribution in [2.45, 2.75) is 46.1 Å². The minimum atomic E-state index is -0.0984. The Balaban J connectivity index is 2.03. The third kappa shape index (κ3) is 4.70. The first-order valence-electron chi connectivity index (χ1n) is 8.04. The van der Waals surface area contributed by atoms with E-state index in [1.54, 1.807) is 0 Å². The van der Waals surface area contributed by atoms with Crippen molar-refractivity contribution in [1.29, 1.82) is 0 Å². The third-order valence-electron chi connectivity index (χ3n) is 3.81.